The van der Waals surface area contributed by atoms with Crippen molar-refractivity contribution in [2.75, 3.05) is 5.32 Å². The largest absolute Gasteiger partial charge is 0.382 e. The Morgan fingerprint density at radius 2 is 1.85 bits per heavy atom. The summed E-state index contributed by atoms with van der Waals surface area (Å²) in [6.07, 6.45) is -0.517. The number of nitrogens with zero attached hydrogens (tertiary/aromatic N) is 1. The van der Waals surface area contributed by atoms with Gasteiger partial charge >= 0.3 is 0 Å². The summed E-state index contributed by atoms with van der Waals surface area (Å²) < 4.78 is 12.9. The molecule has 0 saturated heterocycles. The van der Waals surface area contributed by atoms with E-state index >= 15 is 0 Å². The highest BCUT2D eigenvalue weighted by atomic mass is 35.5. The van der Waals surface area contributed by atoms with Crippen molar-refractivity contribution in [3.8, 4) is 0 Å². The smallest absolute Gasteiger partial charge is 0.264 e. The third-order valence-corrected chi connectivity index (χ3v) is 4.25. The summed E-state index contributed by atoms with van der Waals surface area (Å²) in [5, 5.41) is 9.74. The van der Waals surface area contributed by atoms with Gasteiger partial charge in [-0.05, 0) is 48.9 Å². The fourth-order valence-corrected chi connectivity index (χ4v) is 2.61. The Morgan fingerprint density at radius 1 is 1.19 bits per heavy atom. The summed E-state index contributed by atoms with van der Waals surface area (Å²) in [5.41, 5.74) is 1.89. The third kappa shape index (κ3) is 4.83. The predicted molar refractivity (Wildman–Crippen MR) is 100 cm³/mol. The minimum Gasteiger partial charge on any atom is -0.382 e. The number of halogens is 2. The molecule has 1 aliphatic rings. The van der Waals surface area contributed by atoms with Crippen LogP contribution in [0.15, 0.2) is 53.7 Å². The molecule has 1 aliphatic heterocycles. The molecular weight excluding hydrogens is 373 g/mol. The standard InChI is InChI=1S/C19H17ClFN3O3/c1-11(18(25)23-15-8-6-14(21)7-9-15)22-19(26)17-10-16(24-27-17)12-2-4-13(20)5-3-12/h2-9,11,17H,10H2,1H3,(H,22,26)(H,23,25)/t11-,17+/m1/s1. The molecule has 27 heavy (non-hydrogen) atoms. The lowest BCUT2D eigenvalue weighted by Crippen LogP contribution is -2.46. The number of rotatable bonds is 5. The van der Waals surface area contributed by atoms with E-state index in [1.54, 1.807) is 31.2 Å². The lowest BCUT2D eigenvalue weighted by atomic mass is 10.0. The van der Waals surface area contributed by atoms with Crippen molar-refractivity contribution in [3.63, 3.8) is 0 Å². The van der Waals surface area contributed by atoms with Crippen LogP contribution in [0.2, 0.25) is 5.02 Å². The van der Waals surface area contributed by atoms with E-state index in [2.05, 4.69) is 15.8 Å². The summed E-state index contributed by atoms with van der Waals surface area (Å²) in [5.74, 6) is -1.26. The maximum Gasteiger partial charge on any atom is 0.264 e. The number of carbonyl (C=O) groups excluding carboxylic acids is 2. The Bertz CT molecular complexity index is 869. The molecule has 8 heteroatoms. The SMILES string of the molecule is C[C@@H](NC(=O)[C@@H]1CC(c2ccc(Cl)cc2)=NO1)C(=O)Nc1ccc(F)cc1. The highest BCUT2D eigenvalue weighted by Gasteiger charge is 2.30. The maximum atomic E-state index is 12.9. The molecule has 0 unspecified atom stereocenters. The summed E-state index contributed by atoms with van der Waals surface area (Å²) in [6.45, 7) is 1.55. The number of amides is 2. The van der Waals surface area contributed by atoms with Gasteiger partial charge in [-0.2, -0.15) is 0 Å². The number of hydrogen-bond donors (Lipinski definition) is 2. The predicted octanol–water partition coefficient (Wildman–Crippen LogP) is 3.12. The number of carbonyl (C=O) groups is 2. The minimum atomic E-state index is -0.809. The average molecular weight is 390 g/mol. The molecule has 0 aliphatic carbocycles. The monoisotopic (exact) mass is 389 g/mol. The minimum absolute atomic E-state index is 0.291. The molecule has 3 rings (SSSR count). The first-order valence-corrected chi connectivity index (χ1v) is 8.65. The molecule has 0 fully saturated rings. The molecule has 6 nitrogen and oxygen atoms in total. The second-order valence-corrected chi connectivity index (χ2v) is 6.51. The van der Waals surface area contributed by atoms with E-state index in [-0.39, 0.29) is 0 Å². The van der Waals surface area contributed by atoms with E-state index in [0.717, 1.165) is 5.56 Å². The van der Waals surface area contributed by atoms with Gasteiger partial charge in [-0.25, -0.2) is 4.39 Å². The van der Waals surface area contributed by atoms with E-state index in [1.807, 2.05) is 0 Å². The first kappa shape index (κ1) is 18.8. The Morgan fingerprint density at radius 3 is 2.52 bits per heavy atom. The van der Waals surface area contributed by atoms with E-state index in [0.29, 0.717) is 22.8 Å². The zero-order valence-electron chi connectivity index (χ0n) is 14.4. The fraction of sp³-hybridized carbons (Fsp3) is 0.211. The molecular formula is C19H17ClFN3O3. The molecule has 0 radical (unpaired) electrons. The van der Waals surface area contributed by atoms with Gasteiger partial charge < -0.3 is 15.5 Å². The normalized spacial score (nSPS) is 16.9. The Kier molecular flexibility index (Phi) is 5.71. The summed E-state index contributed by atoms with van der Waals surface area (Å²) in [7, 11) is 0. The topological polar surface area (TPSA) is 79.8 Å². The van der Waals surface area contributed by atoms with Gasteiger partial charge in [-0.15, -0.1) is 0 Å². The van der Waals surface area contributed by atoms with Gasteiger partial charge in [0, 0.05) is 17.1 Å². The first-order chi connectivity index (χ1) is 12.9. The van der Waals surface area contributed by atoms with Crippen molar-refractivity contribution in [2.24, 2.45) is 5.16 Å². The van der Waals surface area contributed by atoms with Crippen LogP contribution in [0.4, 0.5) is 10.1 Å². The van der Waals surface area contributed by atoms with E-state index in [9.17, 15) is 14.0 Å². The van der Waals surface area contributed by atoms with Crippen LogP contribution in [-0.2, 0) is 14.4 Å². The number of anilines is 1. The zero-order chi connectivity index (χ0) is 19.4. The van der Waals surface area contributed by atoms with Crippen molar-refractivity contribution in [2.45, 2.75) is 25.5 Å². The van der Waals surface area contributed by atoms with Gasteiger partial charge in [0.1, 0.15) is 11.9 Å². The highest BCUT2D eigenvalue weighted by molar-refractivity contribution is 6.30. The Balaban J connectivity index is 1.52. The van der Waals surface area contributed by atoms with Gasteiger partial charge in [-0.1, -0.05) is 28.9 Å². The molecule has 2 amide bonds. The second-order valence-electron chi connectivity index (χ2n) is 6.07. The molecule has 2 aromatic carbocycles. The van der Waals surface area contributed by atoms with Gasteiger partial charge in [0.25, 0.3) is 5.91 Å². The van der Waals surface area contributed by atoms with E-state index in [1.165, 1.54) is 24.3 Å². The van der Waals surface area contributed by atoms with Crippen LogP contribution in [0, 0.1) is 5.82 Å². The second kappa shape index (κ2) is 8.18. The molecule has 1 heterocycles. The Labute approximate surface area is 160 Å². The van der Waals surface area contributed by atoms with Crippen LogP contribution in [0.3, 0.4) is 0 Å². The van der Waals surface area contributed by atoms with Crippen molar-refractivity contribution in [1.82, 2.24) is 5.32 Å². The van der Waals surface area contributed by atoms with Crippen molar-refractivity contribution in [1.29, 1.82) is 0 Å². The number of nitrogens with one attached hydrogen (secondary N) is 2. The molecule has 140 valence electrons. The highest BCUT2D eigenvalue weighted by Crippen LogP contribution is 2.19. The van der Waals surface area contributed by atoms with E-state index < -0.39 is 29.8 Å². The molecule has 2 aromatic rings. The van der Waals surface area contributed by atoms with E-state index in [4.69, 9.17) is 16.4 Å². The van der Waals surface area contributed by atoms with Crippen molar-refractivity contribution >= 4 is 34.8 Å². The summed E-state index contributed by atoms with van der Waals surface area (Å²) in [4.78, 5) is 29.7. The summed E-state index contributed by atoms with van der Waals surface area (Å²) >= 11 is 5.86. The van der Waals surface area contributed by atoms with Gasteiger partial charge in [-0.3, -0.25) is 9.59 Å². The molecule has 2 N–H and O–H groups in total. The average Bonchev–Trinajstić information content (AvgIpc) is 3.14. The van der Waals surface area contributed by atoms with Gasteiger partial charge in [0.15, 0.2) is 0 Å². The van der Waals surface area contributed by atoms with Gasteiger partial charge in [0.05, 0.1) is 5.71 Å². The zero-order valence-corrected chi connectivity index (χ0v) is 15.2. The Hall–Kier alpha value is -2.93. The molecule has 0 saturated carbocycles. The molecule has 0 bridgehead atoms. The lowest BCUT2D eigenvalue weighted by molar-refractivity contribution is -0.134. The van der Waals surface area contributed by atoms with Crippen LogP contribution in [0.5, 0.6) is 0 Å². The van der Waals surface area contributed by atoms with Crippen LogP contribution < -0.4 is 10.6 Å². The fourth-order valence-electron chi connectivity index (χ4n) is 2.49. The molecule has 2 atom stereocenters. The van der Waals surface area contributed by atoms with Gasteiger partial charge in [0.2, 0.25) is 12.0 Å². The number of benzene rings is 2. The number of oxime groups is 1. The van der Waals surface area contributed by atoms with Crippen LogP contribution in [-0.4, -0.2) is 29.7 Å². The molecule has 0 spiro atoms. The quantitative estimate of drug-likeness (QED) is 0.824. The number of hydrogen-bond acceptors (Lipinski definition) is 4. The van der Waals surface area contributed by atoms with Crippen LogP contribution in [0.25, 0.3) is 0 Å². The maximum absolute atomic E-state index is 12.9. The lowest BCUT2D eigenvalue weighted by Gasteiger charge is -2.16. The van der Waals surface area contributed by atoms with Crippen LogP contribution >= 0.6 is 11.6 Å². The summed E-state index contributed by atoms with van der Waals surface area (Å²) in [6, 6.07) is 11.6. The van der Waals surface area contributed by atoms with Crippen molar-refractivity contribution in [3.05, 3.63) is 64.9 Å². The van der Waals surface area contributed by atoms with Crippen molar-refractivity contribution < 1.29 is 18.8 Å². The molecule has 0 aromatic heterocycles. The first-order valence-electron chi connectivity index (χ1n) is 8.28. The third-order valence-electron chi connectivity index (χ3n) is 4.00. The van der Waals surface area contributed by atoms with Crippen LogP contribution in [0.1, 0.15) is 18.9 Å².